The molecule has 7 nitrogen and oxygen atoms in total. The van der Waals surface area contributed by atoms with Crippen molar-refractivity contribution in [1.29, 1.82) is 0 Å². The lowest BCUT2D eigenvalue weighted by Crippen LogP contribution is -2.48. The van der Waals surface area contributed by atoms with Crippen molar-refractivity contribution in [1.82, 2.24) is 9.21 Å². The molecule has 132 valence electrons. The fourth-order valence-electron chi connectivity index (χ4n) is 3.46. The van der Waals surface area contributed by atoms with Gasteiger partial charge in [-0.1, -0.05) is 12.1 Å². The molecule has 2 aromatic rings. The molecule has 8 heteroatoms. The van der Waals surface area contributed by atoms with Crippen LogP contribution in [-0.4, -0.2) is 55.8 Å². The standard InChI is InChI=1S/C17H18N2O5S/c1-18-11-17(24-13-5-2-3-7-15(13)25(18,21)22)8-9-19(12-17)16(20)14-6-4-10-23-14/h2-7,10H,8-9,11-12H2,1H3. The van der Waals surface area contributed by atoms with Crippen LogP contribution in [0.3, 0.4) is 0 Å². The summed E-state index contributed by atoms with van der Waals surface area (Å²) in [4.78, 5) is 14.3. The average Bonchev–Trinajstić information content (AvgIpc) is 3.23. The summed E-state index contributed by atoms with van der Waals surface area (Å²) >= 11 is 0. The van der Waals surface area contributed by atoms with Crippen LogP contribution in [0.5, 0.6) is 5.75 Å². The molecule has 0 aliphatic carbocycles. The summed E-state index contributed by atoms with van der Waals surface area (Å²) in [5.41, 5.74) is -0.767. The fraction of sp³-hybridized carbons (Fsp3) is 0.353. The third kappa shape index (κ3) is 2.61. The van der Waals surface area contributed by atoms with Crippen LogP contribution in [-0.2, 0) is 10.0 Å². The van der Waals surface area contributed by atoms with Gasteiger partial charge in [0.15, 0.2) is 5.76 Å². The molecular weight excluding hydrogens is 344 g/mol. The van der Waals surface area contributed by atoms with Gasteiger partial charge in [-0.15, -0.1) is 0 Å². The predicted octanol–water partition coefficient (Wildman–Crippen LogP) is 1.58. The molecule has 1 unspecified atom stereocenters. The van der Waals surface area contributed by atoms with Crippen molar-refractivity contribution < 1.29 is 22.4 Å². The van der Waals surface area contributed by atoms with Crippen molar-refractivity contribution in [3.8, 4) is 5.75 Å². The maximum atomic E-state index is 12.7. The molecule has 1 saturated heterocycles. The van der Waals surface area contributed by atoms with Crippen molar-refractivity contribution in [2.75, 3.05) is 26.7 Å². The number of likely N-dealkylation sites (N-methyl/N-ethyl adjacent to an activating group) is 1. The highest BCUT2D eigenvalue weighted by Crippen LogP contribution is 2.38. The van der Waals surface area contributed by atoms with Gasteiger partial charge < -0.3 is 14.1 Å². The fourth-order valence-corrected chi connectivity index (χ4v) is 4.81. The molecule has 1 spiro atoms. The smallest absolute Gasteiger partial charge is 0.289 e. The van der Waals surface area contributed by atoms with Crippen molar-refractivity contribution in [3.05, 3.63) is 48.4 Å². The Morgan fingerprint density at radius 1 is 1.16 bits per heavy atom. The van der Waals surface area contributed by atoms with Gasteiger partial charge in [0, 0.05) is 20.0 Å². The largest absolute Gasteiger partial charge is 0.483 e. The second-order valence-corrected chi connectivity index (χ2v) is 8.46. The molecule has 4 rings (SSSR count). The number of benzene rings is 1. The molecule has 0 saturated carbocycles. The summed E-state index contributed by atoms with van der Waals surface area (Å²) in [6, 6.07) is 9.90. The maximum absolute atomic E-state index is 12.7. The molecule has 2 aliphatic rings. The maximum Gasteiger partial charge on any atom is 0.289 e. The Hall–Kier alpha value is -2.32. The van der Waals surface area contributed by atoms with Gasteiger partial charge in [-0.3, -0.25) is 4.79 Å². The van der Waals surface area contributed by atoms with Crippen molar-refractivity contribution in [3.63, 3.8) is 0 Å². The minimum absolute atomic E-state index is 0.158. The summed E-state index contributed by atoms with van der Waals surface area (Å²) in [6.07, 6.45) is 2.01. The SMILES string of the molecule is CN1CC2(CCN(C(=O)c3ccco3)C2)Oc2ccccc2S1(=O)=O. The number of carbonyl (C=O) groups excluding carboxylic acids is 1. The van der Waals surface area contributed by atoms with Crippen molar-refractivity contribution in [2.24, 2.45) is 0 Å². The van der Waals surface area contributed by atoms with Crippen LogP contribution < -0.4 is 4.74 Å². The summed E-state index contributed by atoms with van der Waals surface area (Å²) in [6.45, 7) is 0.974. The normalized spacial score (nSPS) is 25.4. The van der Waals surface area contributed by atoms with E-state index in [1.807, 2.05) is 0 Å². The van der Waals surface area contributed by atoms with E-state index in [-0.39, 0.29) is 23.1 Å². The number of ether oxygens (including phenoxy) is 1. The third-order valence-corrected chi connectivity index (χ3v) is 6.55. The van der Waals surface area contributed by atoms with E-state index in [1.165, 1.54) is 10.6 Å². The van der Waals surface area contributed by atoms with Gasteiger partial charge in [0.25, 0.3) is 5.91 Å². The van der Waals surface area contributed by atoms with E-state index < -0.39 is 15.6 Å². The quantitative estimate of drug-likeness (QED) is 0.769. The molecular formula is C17H18N2O5S. The number of furan rings is 1. The zero-order chi connectivity index (χ0) is 17.7. The second-order valence-electron chi connectivity index (χ2n) is 6.45. The number of para-hydroxylation sites is 1. The molecule has 0 N–H and O–H groups in total. The van der Waals surface area contributed by atoms with Crippen LogP contribution in [0.4, 0.5) is 0 Å². The first-order chi connectivity index (χ1) is 11.9. The summed E-state index contributed by atoms with van der Waals surface area (Å²) in [5.74, 6) is 0.389. The van der Waals surface area contributed by atoms with Gasteiger partial charge in [0.05, 0.1) is 19.4 Å². The van der Waals surface area contributed by atoms with Crippen molar-refractivity contribution in [2.45, 2.75) is 16.9 Å². The lowest BCUT2D eigenvalue weighted by atomic mass is 10.0. The third-order valence-electron chi connectivity index (χ3n) is 4.71. The molecule has 3 heterocycles. The second kappa shape index (κ2) is 5.60. The lowest BCUT2D eigenvalue weighted by Gasteiger charge is -2.30. The summed E-state index contributed by atoms with van der Waals surface area (Å²) in [5, 5.41) is 0. The molecule has 25 heavy (non-hydrogen) atoms. The van der Waals surface area contributed by atoms with Crippen LogP contribution in [0.15, 0.2) is 52.0 Å². The van der Waals surface area contributed by atoms with Crippen LogP contribution in [0.25, 0.3) is 0 Å². The van der Waals surface area contributed by atoms with E-state index in [2.05, 4.69) is 0 Å². The predicted molar refractivity (Wildman–Crippen MR) is 88.8 cm³/mol. The van der Waals surface area contributed by atoms with Crippen LogP contribution >= 0.6 is 0 Å². The van der Waals surface area contributed by atoms with Gasteiger partial charge in [-0.2, -0.15) is 4.31 Å². The van der Waals surface area contributed by atoms with E-state index in [4.69, 9.17) is 9.15 Å². The Morgan fingerprint density at radius 3 is 2.72 bits per heavy atom. The molecule has 0 radical (unpaired) electrons. The number of likely N-dealkylation sites (tertiary alicyclic amines) is 1. The Balaban J connectivity index is 1.67. The van der Waals surface area contributed by atoms with Gasteiger partial charge >= 0.3 is 0 Å². The molecule has 1 amide bonds. The van der Waals surface area contributed by atoms with Crippen LogP contribution in [0.2, 0.25) is 0 Å². The zero-order valence-corrected chi connectivity index (χ0v) is 14.5. The highest BCUT2D eigenvalue weighted by atomic mass is 32.2. The molecule has 1 fully saturated rings. The number of fused-ring (bicyclic) bond motifs is 1. The Bertz CT molecular complexity index is 909. The first kappa shape index (κ1) is 16.2. The number of carbonyl (C=O) groups is 1. The van der Waals surface area contributed by atoms with Crippen LogP contribution in [0.1, 0.15) is 17.0 Å². The number of rotatable bonds is 1. The molecule has 2 aliphatic heterocycles. The number of nitrogens with zero attached hydrogens (tertiary/aromatic N) is 2. The van der Waals surface area contributed by atoms with E-state index in [0.29, 0.717) is 25.3 Å². The summed E-state index contributed by atoms with van der Waals surface area (Å²) < 4.78 is 38.1. The zero-order valence-electron chi connectivity index (χ0n) is 13.7. The monoisotopic (exact) mass is 362 g/mol. The number of amides is 1. The number of hydrogen-bond acceptors (Lipinski definition) is 5. The topological polar surface area (TPSA) is 80.1 Å². The van der Waals surface area contributed by atoms with E-state index >= 15 is 0 Å². The van der Waals surface area contributed by atoms with Crippen LogP contribution in [0, 0.1) is 0 Å². The highest BCUT2D eigenvalue weighted by molar-refractivity contribution is 7.89. The molecule has 1 atom stereocenters. The minimum atomic E-state index is -3.62. The number of sulfonamides is 1. The minimum Gasteiger partial charge on any atom is -0.483 e. The molecule has 1 aromatic heterocycles. The Labute approximate surface area is 145 Å². The Kier molecular flexibility index (Phi) is 3.62. The molecule has 1 aromatic carbocycles. The van der Waals surface area contributed by atoms with E-state index in [0.717, 1.165) is 0 Å². The van der Waals surface area contributed by atoms with Crippen molar-refractivity contribution >= 4 is 15.9 Å². The van der Waals surface area contributed by atoms with E-state index in [1.54, 1.807) is 48.3 Å². The lowest BCUT2D eigenvalue weighted by molar-refractivity contribution is 0.0529. The van der Waals surface area contributed by atoms with Gasteiger partial charge in [0.2, 0.25) is 10.0 Å². The summed E-state index contributed by atoms with van der Waals surface area (Å²) in [7, 11) is -2.07. The van der Waals surface area contributed by atoms with Gasteiger partial charge in [-0.25, -0.2) is 8.42 Å². The first-order valence-electron chi connectivity index (χ1n) is 7.99. The highest BCUT2D eigenvalue weighted by Gasteiger charge is 2.48. The molecule has 0 bridgehead atoms. The van der Waals surface area contributed by atoms with Gasteiger partial charge in [-0.05, 0) is 24.3 Å². The average molecular weight is 362 g/mol. The Morgan fingerprint density at radius 2 is 1.96 bits per heavy atom. The van der Waals surface area contributed by atoms with E-state index in [9.17, 15) is 13.2 Å². The first-order valence-corrected chi connectivity index (χ1v) is 9.43. The number of hydrogen-bond donors (Lipinski definition) is 0. The van der Waals surface area contributed by atoms with Gasteiger partial charge in [0.1, 0.15) is 16.2 Å².